The van der Waals surface area contributed by atoms with Gasteiger partial charge in [0.25, 0.3) is 0 Å². The summed E-state index contributed by atoms with van der Waals surface area (Å²) in [5.41, 5.74) is 9.37. The molecule has 0 saturated heterocycles. The largest absolute Gasteiger partial charge is 2.00 e. The Morgan fingerprint density at radius 1 is 0.936 bits per heavy atom. The van der Waals surface area contributed by atoms with Crippen molar-refractivity contribution in [2.24, 2.45) is 11.3 Å². The smallest absolute Gasteiger partial charge is 0.509 e. The third-order valence-corrected chi connectivity index (χ3v) is 9.62. The Hall–Kier alpha value is -3.95. The van der Waals surface area contributed by atoms with E-state index in [1.807, 2.05) is 29.1 Å². The Kier molecular flexibility index (Phi) is 9.06. The fourth-order valence-corrected chi connectivity index (χ4v) is 7.37. The van der Waals surface area contributed by atoms with Crippen LogP contribution in [0.3, 0.4) is 0 Å². The van der Waals surface area contributed by atoms with Gasteiger partial charge in [0.15, 0.2) is 0 Å². The van der Waals surface area contributed by atoms with Crippen LogP contribution in [0.2, 0.25) is 0 Å². The predicted molar refractivity (Wildman–Crippen MR) is 187 cm³/mol. The van der Waals surface area contributed by atoms with Gasteiger partial charge in [-0.1, -0.05) is 70.0 Å². The Bertz CT molecular complexity index is 2110. The number of benzene rings is 3. The summed E-state index contributed by atoms with van der Waals surface area (Å²) < 4.78 is 10.7. The number of pyridine rings is 1. The van der Waals surface area contributed by atoms with Crippen LogP contribution in [-0.4, -0.2) is 19.3 Å². The standard InChI is InChI=1S/C41H42N4O.Pt/c1-8-29-21-22-42-38(23-29)44-36-18-10-9-16-33(36)34-20-19-32(25-37(34)44)46-31-15-12-14-30(24-31)45-28(4)40(27(3)43-45)39-26(2)13-11-17-35(39)41(5,6)7;/h9-10,12,14-23,26,39H,8,11,13H2,1-7H3;/q-2;+2/t26-,39?;/m0./s1. The number of para-hydroxylation sites is 1. The van der Waals surface area contributed by atoms with Gasteiger partial charge in [-0.2, -0.15) is 17.2 Å². The Labute approximate surface area is 292 Å². The molecule has 0 aliphatic heterocycles. The Balaban J connectivity index is 0.00000386. The van der Waals surface area contributed by atoms with Crippen LogP contribution < -0.4 is 4.74 Å². The number of hydrogen-bond donors (Lipinski definition) is 0. The van der Waals surface area contributed by atoms with Gasteiger partial charge in [0.1, 0.15) is 5.82 Å². The molecule has 0 spiro atoms. The van der Waals surface area contributed by atoms with E-state index in [1.165, 1.54) is 28.8 Å². The van der Waals surface area contributed by atoms with Gasteiger partial charge in [-0.3, -0.25) is 4.68 Å². The van der Waals surface area contributed by atoms with E-state index in [4.69, 9.17) is 14.8 Å². The van der Waals surface area contributed by atoms with Crippen molar-refractivity contribution in [3.05, 3.63) is 119 Å². The average Bonchev–Trinajstić information content (AvgIpc) is 3.53. The Morgan fingerprint density at radius 2 is 1.72 bits per heavy atom. The molecule has 6 heteroatoms. The molecule has 0 saturated carbocycles. The van der Waals surface area contributed by atoms with Gasteiger partial charge in [0.05, 0.1) is 5.69 Å². The van der Waals surface area contributed by atoms with Gasteiger partial charge in [0.2, 0.25) is 0 Å². The maximum Gasteiger partial charge on any atom is 2.00 e. The summed E-state index contributed by atoms with van der Waals surface area (Å²) in [7, 11) is 0. The number of aromatic nitrogens is 4. The second kappa shape index (κ2) is 12.9. The van der Waals surface area contributed by atoms with E-state index in [0.29, 0.717) is 23.3 Å². The molecule has 1 unspecified atom stereocenters. The number of ether oxygens (including phenoxy) is 1. The molecule has 1 aliphatic rings. The third kappa shape index (κ3) is 6.00. The van der Waals surface area contributed by atoms with Crippen LogP contribution in [0.4, 0.5) is 0 Å². The molecule has 0 radical (unpaired) electrons. The van der Waals surface area contributed by atoms with Gasteiger partial charge in [0, 0.05) is 40.4 Å². The molecule has 0 fully saturated rings. The molecule has 1 aliphatic carbocycles. The number of hydrogen-bond acceptors (Lipinski definition) is 3. The van der Waals surface area contributed by atoms with Gasteiger partial charge in [-0.25, -0.2) is 4.98 Å². The van der Waals surface area contributed by atoms with E-state index in [-0.39, 0.29) is 26.5 Å². The molecule has 0 N–H and O–H groups in total. The van der Waals surface area contributed by atoms with E-state index in [1.54, 1.807) is 0 Å². The minimum atomic E-state index is 0. The summed E-state index contributed by atoms with van der Waals surface area (Å²) in [5.74, 6) is 3.06. The van der Waals surface area contributed by atoms with Gasteiger partial charge in [-0.05, 0) is 79.3 Å². The molecule has 47 heavy (non-hydrogen) atoms. The summed E-state index contributed by atoms with van der Waals surface area (Å²) >= 11 is 0. The van der Waals surface area contributed by atoms with Crippen molar-refractivity contribution < 1.29 is 25.8 Å². The summed E-state index contributed by atoms with van der Waals surface area (Å²) in [5, 5.41) is 7.34. The van der Waals surface area contributed by atoms with Crippen molar-refractivity contribution in [2.45, 2.75) is 73.6 Å². The minimum absolute atomic E-state index is 0. The van der Waals surface area contributed by atoms with Crippen molar-refractivity contribution in [3.63, 3.8) is 0 Å². The van der Waals surface area contributed by atoms with Crippen LogP contribution in [0.25, 0.3) is 33.3 Å². The fraction of sp³-hybridized carbons (Fsp3) is 0.317. The normalized spacial score (nSPS) is 16.7. The van der Waals surface area contributed by atoms with E-state index < -0.39 is 0 Å². The topological polar surface area (TPSA) is 44.9 Å². The zero-order valence-electron chi connectivity index (χ0n) is 28.3. The molecule has 3 aromatic heterocycles. The maximum atomic E-state index is 6.46. The molecule has 6 aromatic rings. The van der Waals surface area contributed by atoms with Crippen molar-refractivity contribution in [1.82, 2.24) is 19.3 Å². The average molecular weight is 802 g/mol. The van der Waals surface area contributed by atoms with Crippen molar-refractivity contribution >= 4 is 21.8 Å². The first kappa shape index (κ1) is 33.0. The summed E-state index contributed by atoms with van der Waals surface area (Å²) in [6, 6.07) is 29.9. The summed E-state index contributed by atoms with van der Waals surface area (Å²) in [6.07, 6.45) is 7.65. The summed E-state index contributed by atoms with van der Waals surface area (Å²) in [4.78, 5) is 4.75. The van der Waals surface area contributed by atoms with Gasteiger partial charge < -0.3 is 9.30 Å². The number of aryl methyl sites for hydroxylation is 2. The number of fused-ring (bicyclic) bond motifs is 3. The SMILES string of the molecule is CCc1ccnc(-n2c3[c-]c(Oc4[c-]c(-n5nc(C)c(C6C(C(C)(C)C)=CCC[C@@H]6C)c5C)ccc4)ccc3c3ccccc32)c1.[Pt+2]. The molecule has 0 bridgehead atoms. The maximum absolute atomic E-state index is 6.46. The van der Waals surface area contributed by atoms with Crippen LogP contribution in [0, 0.1) is 37.3 Å². The molecule has 7 rings (SSSR count). The van der Waals surface area contributed by atoms with E-state index in [2.05, 4.69) is 120 Å². The zero-order chi connectivity index (χ0) is 32.2. The van der Waals surface area contributed by atoms with E-state index >= 15 is 0 Å². The van der Waals surface area contributed by atoms with E-state index in [9.17, 15) is 0 Å². The number of nitrogens with zero attached hydrogens (tertiary/aromatic N) is 4. The fourth-order valence-electron chi connectivity index (χ4n) is 7.37. The first-order chi connectivity index (χ1) is 22.1. The van der Waals surface area contributed by atoms with Crippen LogP contribution in [0.1, 0.15) is 75.9 Å². The second-order valence-corrected chi connectivity index (χ2v) is 13.8. The van der Waals surface area contributed by atoms with E-state index in [0.717, 1.165) is 51.8 Å². The molecular formula is C41H42N4OPt. The van der Waals surface area contributed by atoms with Crippen LogP contribution >= 0.6 is 0 Å². The molecule has 3 aromatic carbocycles. The number of allylic oxidation sites excluding steroid dienone is 2. The van der Waals surface area contributed by atoms with Crippen LogP contribution in [0.5, 0.6) is 11.5 Å². The zero-order valence-corrected chi connectivity index (χ0v) is 30.6. The van der Waals surface area contributed by atoms with Crippen molar-refractivity contribution in [3.8, 4) is 23.0 Å². The van der Waals surface area contributed by atoms with Crippen molar-refractivity contribution in [1.29, 1.82) is 0 Å². The monoisotopic (exact) mass is 801 g/mol. The van der Waals surface area contributed by atoms with Gasteiger partial charge >= 0.3 is 21.1 Å². The molecule has 242 valence electrons. The first-order valence-electron chi connectivity index (χ1n) is 16.5. The minimum Gasteiger partial charge on any atom is -0.509 e. The van der Waals surface area contributed by atoms with Gasteiger partial charge in [-0.15, -0.1) is 35.7 Å². The molecular weight excluding hydrogens is 760 g/mol. The quantitative estimate of drug-likeness (QED) is 0.125. The first-order valence-corrected chi connectivity index (χ1v) is 16.5. The molecule has 3 heterocycles. The third-order valence-electron chi connectivity index (χ3n) is 9.62. The Morgan fingerprint density at radius 3 is 2.51 bits per heavy atom. The predicted octanol–water partition coefficient (Wildman–Crippen LogP) is 10.4. The number of rotatable bonds is 6. The molecule has 0 amide bonds. The molecule has 5 nitrogen and oxygen atoms in total. The molecule has 2 atom stereocenters. The van der Waals surface area contributed by atoms with Crippen LogP contribution in [-0.2, 0) is 27.5 Å². The summed E-state index contributed by atoms with van der Waals surface area (Å²) in [6.45, 7) is 15.9. The van der Waals surface area contributed by atoms with Crippen LogP contribution in [0.15, 0.2) is 84.6 Å². The van der Waals surface area contributed by atoms with Crippen molar-refractivity contribution in [2.75, 3.05) is 0 Å². The second-order valence-electron chi connectivity index (χ2n) is 13.8.